The third kappa shape index (κ3) is 2.45. The Balaban J connectivity index is 2.73. The predicted molar refractivity (Wildman–Crippen MR) is 72.2 cm³/mol. The van der Waals surface area contributed by atoms with E-state index in [4.69, 9.17) is 5.11 Å². The zero-order valence-electron chi connectivity index (χ0n) is 10.7. The molecule has 2 rings (SSSR count). The fraction of sp³-hybridized carbons (Fsp3) is 0.231. The molecule has 4 nitrogen and oxygen atoms in total. The second-order valence-electron chi connectivity index (χ2n) is 4.52. The fourth-order valence-corrected chi connectivity index (χ4v) is 2.76. The Morgan fingerprint density at radius 1 is 1.40 bits per heavy atom. The number of nitrogens with zero attached hydrogens (tertiary/aromatic N) is 2. The van der Waals surface area contributed by atoms with E-state index in [0.717, 1.165) is 12.1 Å². The van der Waals surface area contributed by atoms with Crippen molar-refractivity contribution in [2.75, 3.05) is 0 Å². The monoisotopic (exact) mass is 344 g/mol. The summed E-state index contributed by atoms with van der Waals surface area (Å²) in [7, 11) is 0. The molecule has 0 aliphatic heterocycles. The molecule has 2 aromatic rings. The summed E-state index contributed by atoms with van der Waals surface area (Å²) in [6, 6.07) is 3.05. The molecule has 0 radical (unpaired) electrons. The maximum atomic E-state index is 13.9. The van der Waals surface area contributed by atoms with Gasteiger partial charge < -0.3 is 5.11 Å². The number of carboxylic acids is 1. The average Bonchev–Trinajstić information content (AvgIpc) is 2.66. The van der Waals surface area contributed by atoms with Gasteiger partial charge in [0.05, 0.1) is 10.2 Å². The third-order valence-corrected chi connectivity index (χ3v) is 3.53. The highest BCUT2D eigenvalue weighted by Crippen LogP contribution is 2.31. The number of halogens is 3. The van der Waals surface area contributed by atoms with Gasteiger partial charge in [-0.25, -0.2) is 18.3 Å². The number of aromatic carboxylic acids is 1. The summed E-state index contributed by atoms with van der Waals surface area (Å²) in [6.07, 6.45) is 0. The van der Waals surface area contributed by atoms with Gasteiger partial charge in [-0.15, -0.1) is 0 Å². The number of carboxylic acid groups (broad SMARTS) is 1. The highest BCUT2D eigenvalue weighted by molar-refractivity contribution is 9.10. The van der Waals surface area contributed by atoms with E-state index in [1.54, 1.807) is 0 Å². The molecular formula is C13H11BrF2N2O2. The summed E-state index contributed by atoms with van der Waals surface area (Å²) in [5.74, 6) is -2.84. The van der Waals surface area contributed by atoms with Crippen molar-refractivity contribution in [2.45, 2.75) is 19.8 Å². The molecule has 1 aromatic carbocycles. The van der Waals surface area contributed by atoms with Crippen molar-refractivity contribution in [3.8, 4) is 5.69 Å². The van der Waals surface area contributed by atoms with E-state index in [2.05, 4.69) is 21.0 Å². The lowest BCUT2D eigenvalue weighted by Crippen LogP contribution is -2.07. The lowest BCUT2D eigenvalue weighted by atomic mass is 10.1. The van der Waals surface area contributed by atoms with Crippen molar-refractivity contribution in [1.29, 1.82) is 0 Å². The van der Waals surface area contributed by atoms with E-state index < -0.39 is 17.6 Å². The number of benzene rings is 1. The van der Waals surface area contributed by atoms with E-state index in [0.29, 0.717) is 10.2 Å². The van der Waals surface area contributed by atoms with Gasteiger partial charge in [0.25, 0.3) is 0 Å². The van der Waals surface area contributed by atoms with Crippen LogP contribution in [0.3, 0.4) is 0 Å². The molecule has 0 bridgehead atoms. The minimum atomic E-state index is -1.22. The topological polar surface area (TPSA) is 55.1 Å². The van der Waals surface area contributed by atoms with Crippen molar-refractivity contribution >= 4 is 21.9 Å². The molecule has 0 unspecified atom stereocenters. The minimum absolute atomic E-state index is 0.00306. The smallest absolute Gasteiger partial charge is 0.357 e. The Morgan fingerprint density at radius 3 is 2.55 bits per heavy atom. The Bertz CT molecular complexity index is 683. The first-order chi connectivity index (χ1) is 9.32. The normalized spacial score (nSPS) is 11.1. The second-order valence-corrected chi connectivity index (χ2v) is 5.31. The molecule has 106 valence electrons. The maximum absolute atomic E-state index is 13.9. The lowest BCUT2D eigenvalue weighted by molar-refractivity contribution is 0.0689. The van der Waals surface area contributed by atoms with E-state index >= 15 is 0 Å². The number of carbonyl (C=O) groups is 1. The maximum Gasteiger partial charge on any atom is 0.357 e. The molecule has 0 aliphatic carbocycles. The van der Waals surface area contributed by atoms with Gasteiger partial charge in [0.2, 0.25) is 0 Å². The molecule has 20 heavy (non-hydrogen) atoms. The van der Waals surface area contributed by atoms with Crippen LogP contribution in [0.5, 0.6) is 0 Å². The highest BCUT2D eigenvalue weighted by Gasteiger charge is 2.24. The number of aromatic nitrogens is 2. The molecule has 0 atom stereocenters. The minimum Gasteiger partial charge on any atom is -0.476 e. The van der Waals surface area contributed by atoms with Crippen LogP contribution in [0.25, 0.3) is 5.69 Å². The predicted octanol–water partition coefficient (Wildman–Crippen LogP) is 3.73. The zero-order chi connectivity index (χ0) is 15.0. The molecule has 0 saturated carbocycles. The molecule has 0 fully saturated rings. The fourth-order valence-electron chi connectivity index (χ4n) is 1.88. The van der Waals surface area contributed by atoms with Crippen LogP contribution in [-0.4, -0.2) is 20.9 Å². The molecule has 1 N–H and O–H groups in total. The van der Waals surface area contributed by atoms with E-state index in [9.17, 15) is 13.6 Å². The van der Waals surface area contributed by atoms with Crippen molar-refractivity contribution in [2.24, 2.45) is 0 Å². The van der Waals surface area contributed by atoms with Crippen molar-refractivity contribution in [3.05, 3.63) is 45.7 Å². The first-order valence-electron chi connectivity index (χ1n) is 5.80. The Hall–Kier alpha value is -1.76. The Labute approximate surface area is 122 Å². The van der Waals surface area contributed by atoms with Gasteiger partial charge in [-0.05, 0) is 34.0 Å². The largest absolute Gasteiger partial charge is 0.476 e. The van der Waals surface area contributed by atoms with Crippen molar-refractivity contribution in [1.82, 2.24) is 9.78 Å². The lowest BCUT2D eigenvalue weighted by Gasteiger charge is -2.11. The molecule has 7 heteroatoms. The van der Waals surface area contributed by atoms with E-state index in [1.807, 2.05) is 13.8 Å². The summed E-state index contributed by atoms with van der Waals surface area (Å²) in [6.45, 7) is 3.65. The van der Waals surface area contributed by atoms with E-state index in [1.165, 1.54) is 10.7 Å². The average molecular weight is 345 g/mol. The molecule has 0 aliphatic rings. The van der Waals surface area contributed by atoms with Gasteiger partial charge >= 0.3 is 5.97 Å². The summed E-state index contributed by atoms with van der Waals surface area (Å²) in [5.41, 5.74) is 0.300. The van der Waals surface area contributed by atoms with Crippen LogP contribution >= 0.6 is 15.9 Å². The van der Waals surface area contributed by atoms with Crippen LogP contribution in [0.1, 0.15) is 35.9 Å². The summed E-state index contributed by atoms with van der Waals surface area (Å²) in [5, 5.41) is 13.0. The van der Waals surface area contributed by atoms with Crippen LogP contribution < -0.4 is 0 Å². The molecule has 1 heterocycles. The van der Waals surface area contributed by atoms with Gasteiger partial charge in [-0.3, -0.25) is 0 Å². The van der Waals surface area contributed by atoms with Crippen molar-refractivity contribution in [3.63, 3.8) is 0 Å². The highest BCUT2D eigenvalue weighted by atomic mass is 79.9. The van der Waals surface area contributed by atoms with Crippen molar-refractivity contribution < 1.29 is 18.7 Å². The Morgan fingerprint density at radius 2 is 2.05 bits per heavy atom. The molecule has 0 amide bonds. The van der Waals surface area contributed by atoms with Gasteiger partial charge in [0.15, 0.2) is 11.5 Å². The van der Waals surface area contributed by atoms with Crippen LogP contribution in [0.2, 0.25) is 0 Å². The van der Waals surface area contributed by atoms with Gasteiger partial charge in [-0.1, -0.05) is 13.8 Å². The summed E-state index contributed by atoms with van der Waals surface area (Å²) >= 11 is 3.18. The van der Waals surface area contributed by atoms with E-state index in [-0.39, 0.29) is 17.3 Å². The zero-order valence-corrected chi connectivity index (χ0v) is 12.3. The van der Waals surface area contributed by atoms with Crippen LogP contribution in [0.4, 0.5) is 8.78 Å². The first-order valence-corrected chi connectivity index (χ1v) is 6.59. The second kappa shape index (κ2) is 5.32. The molecule has 0 saturated heterocycles. The van der Waals surface area contributed by atoms with Gasteiger partial charge in [0, 0.05) is 6.07 Å². The summed E-state index contributed by atoms with van der Waals surface area (Å²) in [4.78, 5) is 11.1. The third-order valence-electron chi connectivity index (χ3n) is 2.75. The van der Waals surface area contributed by atoms with Crippen LogP contribution in [0, 0.1) is 11.6 Å². The van der Waals surface area contributed by atoms with Gasteiger partial charge in [0.1, 0.15) is 11.5 Å². The number of hydrogen-bond acceptors (Lipinski definition) is 2. The molecular weight excluding hydrogens is 334 g/mol. The first kappa shape index (κ1) is 14.6. The SMILES string of the molecule is CC(C)c1c(Br)c(C(=O)O)nn1-c1ccc(F)cc1F. The number of hydrogen-bond donors (Lipinski definition) is 1. The quantitative estimate of drug-likeness (QED) is 0.922. The Kier molecular flexibility index (Phi) is 3.89. The molecule has 0 spiro atoms. The molecule has 1 aromatic heterocycles. The standard InChI is InChI=1S/C13H11BrF2N2O2/c1-6(2)12-10(14)11(13(19)20)17-18(12)9-4-3-7(15)5-8(9)16/h3-6H,1-2H3,(H,19,20). The van der Waals surface area contributed by atoms with Gasteiger partial charge in [-0.2, -0.15) is 5.10 Å². The van der Waals surface area contributed by atoms with Crippen LogP contribution in [-0.2, 0) is 0 Å². The van der Waals surface area contributed by atoms with Crippen LogP contribution in [0.15, 0.2) is 22.7 Å². The summed E-state index contributed by atoms with van der Waals surface area (Å²) < 4.78 is 28.3. The number of rotatable bonds is 3.